The van der Waals surface area contributed by atoms with Crippen molar-refractivity contribution in [3.05, 3.63) is 34.9 Å². The van der Waals surface area contributed by atoms with Gasteiger partial charge in [-0.3, -0.25) is 0 Å². The second kappa shape index (κ2) is 7.20. The van der Waals surface area contributed by atoms with Crippen LogP contribution >= 0.6 is 11.6 Å². The lowest BCUT2D eigenvalue weighted by atomic mass is 10.2. The van der Waals surface area contributed by atoms with Crippen LogP contribution < -0.4 is 10.1 Å². The lowest BCUT2D eigenvalue weighted by molar-refractivity contribution is 0.370. The van der Waals surface area contributed by atoms with Crippen molar-refractivity contribution in [2.75, 3.05) is 13.7 Å². The number of ether oxygens (including phenoxy) is 1. The SMILES string of the molecule is C/C=C/CCNCc1cc(Cl)cc(OC)c1O. The van der Waals surface area contributed by atoms with E-state index in [1.165, 1.54) is 7.11 Å². The van der Waals surface area contributed by atoms with Gasteiger partial charge in [0.1, 0.15) is 0 Å². The zero-order valence-electron chi connectivity index (χ0n) is 10.2. The molecule has 0 bridgehead atoms. The number of hydrogen-bond acceptors (Lipinski definition) is 3. The molecule has 0 aliphatic heterocycles. The molecule has 17 heavy (non-hydrogen) atoms. The predicted octanol–water partition coefficient (Wildman–Crippen LogP) is 3.11. The first-order valence-electron chi connectivity index (χ1n) is 5.56. The van der Waals surface area contributed by atoms with E-state index >= 15 is 0 Å². The summed E-state index contributed by atoms with van der Waals surface area (Å²) in [4.78, 5) is 0. The molecule has 0 fully saturated rings. The van der Waals surface area contributed by atoms with Gasteiger partial charge in [0.25, 0.3) is 0 Å². The van der Waals surface area contributed by atoms with E-state index in [-0.39, 0.29) is 5.75 Å². The van der Waals surface area contributed by atoms with Gasteiger partial charge in [0, 0.05) is 23.2 Å². The molecule has 1 aromatic carbocycles. The summed E-state index contributed by atoms with van der Waals surface area (Å²) in [6.07, 6.45) is 5.07. The molecule has 0 saturated heterocycles. The van der Waals surface area contributed by atoms with Crippen molar-refractivity contribution in [1.82, 2.24) is 5.32 Å². The van der Waals surface area contributed by atoms with E-state index in [0.29, 0.717) is 17.3 Å². The van der Waals surface area contributed by atoms with E-state index in [2.05, 4.69) is 11.4 Å². The molecule has 4 heteroatoms. The summed E-state index contributed by atoms with van der Waals surface area (Å²) in [6, 6.07) is 3.34. The summed E-state index contributed by atoms with van der Waals surface area (Å²) in [5, 5.41) is 13.7. The minimum absolute atomic E-state index is 0.149. The van der Waals surface area contributed by atoms with Crippen LogP contribution in [0.3, 0.4) is 0 Å². The summed E-state index contributed by atoms with van der Waals surface area (Å²) in [5.74, 6) is 0.554. The van der Waals surface area contributed by atoms with Crippen molar-refractivity contribution < 1.29 is 9.84 Å². The number of allylic oxidation sites excluding steroid dienone is 1. The van der Waals surface area contributed by atoms with E-state index in [1.807, 2.05) is 13.0 Å². The van der Waals surface area contributed by atoms with Crippen molar-refractivity contribution in [3.63, 3.8) is 0 Å². The van der Waals surface area contributed by atoms with Gasteiger partial charge in [0.2, 0.25) is 0 Å². The number of nitrogens with one attached hydrogen (secondary N) is 1. The number of benzene rings is 1. The van der Waals surface area contributed by atoms with Crippen LogP contribution in [-0.4, -0.2) is 18.8 Å². The topological polar surface area (TPSA) is 41.5 Å². The molecule has 94 valence electrons. The molecule has 0 heterocycles. The standard InChI is InChI=1S/C13H18ClNO2/c1-3-4-5-6-15-9-10-7-11(14)8-12(17-2)13(10)16/h3-4,7-8,15-16H,5-6,9H2,1-2H3/b4-3+. The second-order valence-electron chi connectivity index (χ2n) is 3.65. The van der Waals surface area contributed by atoms with Gasteiger partial charge < -0.3 is 15.2 Å². The smallest absolute Gasteiger partial charge is 0.162 e. The van der Waals surface area contributed by atoms with Crippen molar-refractivity contribution in [1.29, 1.82) is 0 Å². The number of phenolic OH excluding ortho intramolecular Hbond substituents is 1. The fraction of sp³-hybridized carbons (Fsp3) is 0.385. The first kappa shape index (κ1) is 13.9. The number of halogens is 1. The lowest BCUT2D eigenvalue weighted by Gasteiger charge is -2.10. The minimum Gasteiger partial charge on any atom is -0.504 e. The maximum absolute atomic E-state index is 9.88. The van der Waals surface area contributed by atoms with Crippen LogP contribution in [0.5, 0.6) is 11.5 Å². The highest BCUT2D eigenvalue weighted by atomic mass is 35.5. The largest absolute Gasteiger partial charge is 0.504 e. The maximum Gasteiger partial charge on any atom is 0.162 e. The van der Waals surface area contributed by atoms with Gasteiger partial charge in [-0.05, 0) is 26.0 Å². The predicted molar refractivity (Wildman–Crippen MR) is 70.8 cm³/mol. The molecule has 1 aromatic rings. The van der Waals surface area contributed by atoms with E-state index in [4.69, 9.17) is 16.3 Å². The fourth-order valence-electron chi connectivity index (χ4n) is 1.49. The summed E-state index contributed by atoms with van der Waals surface area (Å²) in [6.45, 7) is 3.42. The molecule has 0 aliphatic carbocycles. The van der Waals surface area contributed by atoms with Gasteiger partial charge in [0.05, 0.1) is 7.11 Å². The van der Waals surface area contributed by atoms with Crippen molar-refractivity contribution in [3.8, 4) is 11.5 Å². The van der Waals surface area contributed by atoms with Crippen LogP contribution in [0.15, 0.2) is 24.3 Å². The Morgan fingerprint density at radius 3 is 2.88 bits per heavy atom. The Hall–Kier alpha value is -1.19. The summed E-state index contributed by atoms with van der Waals surface area (Å²) < 4.78 is 5.04. The summed E-state index contributed by atoms with van der Waals surface area (Å²) in [7, 11) is 1.51. The number of methoxy groups -OCH3 is 1. The highest BCUT2D eigenvalue weighted by molar-refractivity contribution is 6.30. The highest BCUT2D eigenvalue weighted by Crippen LogP contribution is 2.33. The van der Waals surface area contributed by atoms with E-state index < -0.39 is 0 Å². The molecule has 3 nitrogen and oxygen atoms in total. The van der Waals surface area contributed by atoms with Crippen LogP contribution in [-0.2, 0) is 6.54 Å². The normalized spacial score (nSPS) is 11.0. The van der Waals surface area contributed by atoms with E-state index in [0.717, 1.165) is 18.5 Å². The van der Waals surface area contributed by atoms with Gasteiger partial charge in [-0.25, -0.2) is 0 Å². The number of phenols is 1. The number of hydrogen-bond donors (Lipinski definition) is 2. The quantitative estimate of drug-likeness (QED) is 0.606. The average Bonchev–Trinajstić information content (AvgIpc) is 2.32. The van der Waals surface area contributed by atoms with Crippen LogP contribution in [0.1, 0.15) is 18.9 Å². The Bertz CT molecular complexity index is 391. The van der Waals surface area contributed by atoms with Crippen LogP contribution in [0.4, 0.5) is 0 Å². The Morgan fingerprint density at radius 1 is 1.47 bits per heavy atom. The molecule has 0 saturated carbocycles. The third-order valence-corrected chi connectivity index (χ3v) is 2.60. The molecule has 1 rings (SSSR count). The molecule has 0 aliphatic rings. The monoisotopic (exact) mass is 255 g/mol. The van der Waals surface area contributed by atoms with E-state index in [1.54, 1.807) is 12.1 Å². The van der Waals surface area contributed by atoms with Crippen LogP contribution in [0, 0.1) is 0 Å². The molecule has 0 aromatic heterocycles. The third kappa shape index (κ3) is 4.29. The van der Waals surface area contributed by atoms with E-state index in [9.17, 15) is 5.11 Å². The number of aromatic hydroxyl groups is 1. The van der Waals surface area contributed by atoms with Gasteiger partial charge in [-0.2, -0.15) is 0 Å². The molecule has 0 spiro atoms. The lowest BCUT2D eigenvalue weighted by Crippen LogP contribution is -2.14. The van der Waals surface area contributed by atoms with Crippen LogP contribution in [0.25, 0.3) is 0 Å². The molecule has 0 radical (unpaired) electrons. The first-order chi connectivity index (χ1) is 8.19. The molecule has 2 N–H and O–H groups in total. The Balaban J connectivity index is 2.61. The summed E-state index contributed by atoms with van der Waals surface area (Å²) >= 11 is 5.93. The van der Waals surface area contributed by atoms with Gasteiger partial charge in [-0.15, -0.1) is 0 Å². The van der Waals surface area contributed by atoms with Crippen molar-refractivity contribution in [2.45, 2.75) is 19.9 Å². The minimum atomic E-state index is 0.149. The maximum atomic E-state index is 9.88. The zero-order chi connectivity index (χ0) is 12.7. The van der Waals surface area contributed by atoms with Gasteiger partial charge in [0.15, 0.2) is 11.5 Å². The number of rotatable bonds is 6. The summed E-state index contributed by atoms with van der Waals surface area (Å²) in [5.41, 5.74) is 0.745. The molecule has 0 amide bonds. The van der Waals surface area contributed by atoms with Gasteiger partial charge in [-0.1, -0.05) is 23.8 Å². The Labute approximate surface area is 107 Å². The molecular formula is C13H18ClNO2. The van der Waals surface area contributed by atoms with Crippen molar-refractivity contribution >= 4 is 11.6 Å². The first-order valence-corrected chi connectivity index (χ1v) is 5.94. The molecular weight excluding hydrogens is 238 g/mol. The van der Waals surface area contributed by atoms with Gasteiger partial charge >= 0.3 is 0 Å². The highest BCUT2D eigenvalue weighted by Gasteiger charge is 2.09. The second-order valence-corrected chi connectivity index (χ2v) is 4.09. The molecule has 0 unspecified atom stereocenters. The zero-order valence-corrected chi connectivity index (χ0v) is 10.9. The Morgan fingerprint density at radius 2 is 2.24 bits per heavy atom. The molecule has 0 atom stereocenters. The van der Waals surface area contributed by atoms with Crippen molar-refractivity contribution in [2.24, 2.45) is 0 Å². The third-order valence-electron chi connectivity index (χ3n) is 2.38. The Kier molecular flexibility index (Phi) is 5.87. The van der Waals surface area contributed by atoms with Crippen LogP contribution in [0.2, 0.25) is 5.02 Å². The fourth-order valence-corrected chi connectivity index (χ4v) is 1.72. The average molecular weight is 256 g/mol.